The van der Waals surface area contributed by atoms with E-state index in [1.54, 1.807) is 12.4 Å². The van der Waals surface area contributed by atoms with E-state index >= 15 is 0 Å². The lowest BCUT2D eigenvalue weighted by Gasteiger charge is -2.12. The third kappa shape index (κ3) is 4.22. The molecule has 0 amide bonds. The summed E-state index contributed by atoms with van der Waals surface area (Å²) in [6, 6.07) is 9.33. The van der Waals surface area contributed by atoms with Crippen LogP contribution >= 0.6 is 11.6 Å². The topological polar surface area (TPSA) is 42.4 Å². The number of hydrogen-bond donors (Lipinski definition) is 1. The van der Waals surface area contributed by atoms with Gasteiger partial charge in [0.2, 0.25) is 0 Å². The van der Waals surface area contributed by atoms with Crippen LogP contribution in [0.3, 0.4) is 0 Å². The number of rotatable bonds is 6. The van der Waals surface area contributed by atoms with Gasteiger partial charge in [-0.2, -0.15) is 0 Å². The molecule has 0 fully saturated rings. The maximum atomic E-state index is 10.3. The van der Waals surface area contributed by atoms with Gasteiger partial charge in [0.25, 0.3) is 0 Å². The molecule has 0 radical (unpaired) electrons. The Balaban J connectivity index is 2.06. The largest absolute Gasteiger partial charge is 0.492 e. The Labute approximate surface area is 124 Å². The third-order valence-corrected chi connectivity index (χ3v) is 3.15. The Hall–Kier alpha value is -1.58. The van der Waals surface area contributed by atoms with Gasteiger partial charge in [-0.15, -0.1) is 0 Å². The average molecular weight is 292 g/mol. The number of hydrogen-bond acceptors (Lipinski definition) is 3. The summed E-state index contributed by atoms with van der Waals surface area (Å²) in [7, 11) is 0. The van der Waals surface area contributed by atoms with Crippen LogP contribution in [-0.4, -0.2) is 16.7 Å². The monoisotopic (exact) mass is 291 g/mol. The second kappa shape index (κ2) is 7.27. The quantitative estimate of drug-likeness (QED) is 0.880. The highest BCUT2D eigenvalue weighted by molar-refractivity contribution is 6.30. The van der Waals surface area contributed by atoms with Gasteiger partial charge in [0.05, 0.1) is 18.9 Å². The molecule has 0 bridgehead atoms. The normalized spacial score (nSPS) is 12.2. The molecule has 106 valence electrons. The zero-order valence-electron chi connectivity index (χ0n) is 11.4. The summed E-state index contributed by atoms with van der Waals surface area (Å²) in [6.07, 6.45) is 4.14. The first kappa shape index (κ1) is 14.8. The van der Waals surface area contributed by atoms with E-state index in [0.717, 1.165) is 17.5 Å². The van der Waals surface area contributed by atoms with Crippen molar-refractivity contribution >= 4 is 11.6 Å². The minimum absolute atomic E-state index is 0.499. The Morgan fingerprint density at radius 3 is 2.90 bits per heavy atom. The van der Waals surface area contributed by atoms with E-state index in [1.165, 1.54) is 0 Å². The second-order valence-corrected chi connectivity index (χ2v) is 5.09. The summed E-state index contributed by atoms with van der Waals surface area (Å²) in [6.45, 7) is 2.70. The zero-order chi connectivity index (χ0) is 14.4. The molecule has 20 heavy (non-hydrogen) atoms. The highest BCUT2D eigenvalue weighted by Crippen LogP contribution is 2.22. The van der Waals surface area contributed by atoms with E-state index in [0.29, 0.717) is 23.8 Å². The summed E-state index contributed by atoms with van der Waals surface area (Å²) < 4.78 is 5.52. The predicted molar refractivity (Wildman–Crippen MR) is 80.1 cm³/mol. The fourth-order valence-electron chi connectivity index (χ4n) is 1.92. The van der Waals surface area contributed by atoms with Crippen molar-refractivity contribution in [2.45, 2.75) is 25.9 Å². The molecule has 1 atom stereocenters. The number of ether oxygens (including phenoxy) is 1. The molecule has 3 nitrogen and oxygen atoms in total. The lowest BCUT2D eigenvalue weighted by molar-refractivity contribution is 0.177. The standard InChI is InChI=1S/C16H18ClNO2/c1-2-6-20-15-9-13(10-18-11-15)16(19)8-12-4-3-5-14(17)7-12/h3-5,7,9-11,16,19H,2,6,8H2,1H3. The van der Waals surface area contributed by atoms with Gasteiger partial charge in [-0.05, 0) is 30.2 Å². The van der Waals surface area contributed by atoms with Crippen molar-refractivity contribution in [2.75, 3.05) is 6.61 Å². The van der Waals surface area contributed by atoms with Crippen LogP contribution in [0.4, 0.5) is 0 Å². The Morgan fingerprint density at radius 1 is 1.30 bits per heavy atom. The van der Waals surface area contributed by atoms with Gasteiger partial charge in [0.1, 0.15) is 5.75 Å². The van der Waals surface area contributed by atoms with Crippen LogP contribution in [0.25, 0.3) is 0 Å². The Morgan fingerprint density at radius 2 is 2.15 bits per heavy atom. The zero-order valence-corrected chi connectivity index (χ0v) is 12.2. The SMILES string of the molecule is CCCOc1cncc(C(O)Cc2cccc(Cl)c2)c1. The first-order chi connectivity index (χ1) is 9.69. The predicted octanol–water partition coefficient (Wildman–Crippen LogP) is 3.80. The van der Waals surface area contributed by atoms with E-state index in [1.807, 2.05) is 37.3 Å². The van der Waals surface area contributed by atoms with Gasteiger partial charge < -0.3 is 9.84 Å². The van der Waals surface area contributed by atoms with Crippen molar-refractivity contribution in [3.8, 4) is 5.75 Å². The molecule has 0 spiro atoms. The molecular formula is C16H18ClNO2. The molecule has 1 heterocycles. The molecule has 1 aromatic heterocycles. The van der Waals surface area contributed by atoms with E-state index in [4.69, 9.17) is 16.3 Å². The molecule has 1 N–H and O–H groups in total. The van der Waals surface area contributed by atoms with E-state index in [9.17, 15) is 5.11 Å². The number of halogens is 1. The molecule has 0 aliphatic rings. The summed E-state index contributed by atoms with van der Waals surface area (Å²) in [5.41, 5.74) is 1.74. The fourth-order valence-corrected chi connectivity index (χ4v) is 2.13. The van der Waals surface area contributed by atoms with Gasteiger partial charge in [-0.25, -0.2) is 0 Å². The van der Waals surface area contributed by atoms with Crippen LogP contribution in [0.15, 0.2) is 42.7 Å². The van der Waals surface area contributed by atoms with Crippen LogP contribution < -0.4 is 4.74 Å². The Bertz CT molecular complexity index is 560. The van der Waals surface area contributed by atoms with Gasteiger partial charge in [-0.3, -0.25) is 4.98 Å². The van der Waals surface area contributed by atoms with Crippen molar-refractivity contribution in [1.82, 2.24) is 4.98 Å². The molecule has 1 unspecified atom stereocenters. The molecule has 2 rings (SSSR count). The summed E-state index contributed by atoms with van der Waals surface area (Å²) in [5, 5.41) is 11.0. The first-order valence-electron chi connectivity index (χ1n) is 6.69. The van der Waals surface area contributed by atoms with E-state index in [-0.39, 0.29) is 0 Å². The van der Waals surface area contributed by atoms with Crippen molar-refractivity contribution in [3.05, 3.63) is 58.9 Å². The van der Waals surface area contributed by atoms with Crippen LogP contribution in [0.2, 0.25) is 5.02 Å². The Kier molecular flexibility index (Phi) is 5.39. The van der Waals surface area contributed by atoms with E-state index < -0.39 is 6.10 Å². The number of aromatic nitrogens is 1. The number of benzene rings is 1. The van der Waals surface area contributed by atoms with Crippen LogP contribution in [-0.2, 0) is 6.42 Å². The fraction of sp³-hybridized carbons (Fsp3) is 0.312. The van der Waals surface area contributed by atoms with Crippen molar-refractivity contribution < 1.29 is 9.84 Å². The van der Waals surface area contributed by atoms with Gasteiger partial charge >= 0.3 is 0 Å². The summed E-state index contributed by atoms with van der Waals surface area (Å²) >= 11 is 5.94. The van der Waals surface area contributed by atoms with Gasteiger partial charge in [-0.1, -0.05) is 30.7 Å². The average Bonchev–Trinajstić information content (AvgIpc) is 2.45. The van der Waals surface area contributed by atoms with Gasteiger partial charge in [0, 0.05) is 23.2 Å². The minimum Gasteiger partial charge on any atom is -0.492 e. The lowest BCUT2D eigenvalue weighted by Crippen LogP contribution is -2.03. The van der Waals surface area contributed by atoms with Crippen LogP contribution in [0.5, 0.6) is 5.75 Å². The molecule has 0 aliphatic carbocycles. The molecule has 2 aromatic rings. The molecule has 0 saturated carbocycles. The lowest BCUT2D eigenvalue weighted by atomic mass is 10.0. The van der Waals surface area contributed by atoms with Gasteiger partial charge in [0.15, 0.2) is 0 Å². The third-order valence-electron chi connectivity index (χ3n) is 2.91. The molecule has 0 aliphatic heterocycles. The van der Waals surface area contributed by atoms with E-state index in [2.05, 4.69) is 4.98 Å². The van der Waals surface area contributed by atoms with Crippen LogP contribution in [0.1, 0.15) is 30.6 Å². The molecular weight excluding hydrogens is 274 g/mol. The molecule has 0 saturated heterocycles. The van der Waals surface area contributed by atoms with Crippen molar-refractivity contribution in [3.63, 3.8) is 0 Å². The summed E-state index contributed by atoms with van der Waals surface area (Å²) in [4.78, 5) is 4.11. The number of nitrogens with zero attached hydrogens (tertiary/aromatic N) is 1. The molecule has 4 heteroatoms. The number of aliphatic hydroxyl groups excluding tert-OH is 1. The highest BCUT2D eigenvalue weighted by Gasteiger charge is 2.10. The highest BCUT2D eigenvalue weighted by atomic mass is 35.5. The smallest absolute Gasteiger partial charge is 0.137 e. The minimum atomic E-state index is -0.619. The van der Waals surface area contributed by atoms with Crippen molar-refractivity contribution in [2.24, 2.45) is 0 Å². The van der Waals surface area contributed by atoms with Crippen molar-refractivity contribution in [1.29, 1.82) is 0 Å². The van der Waals surface area contributed by atoms with Crippen LogP contribution in [0, 0.1) is 0 Å². The molecule has 1 aromatic carbocycles. The maximum absolute atomic E-state index is 10.3. The number of pyridine rings is 1. The number of aliphatic hydroxyl groups is 1. The summed E-state index contributed by atoms with van der Waals surface area (Å²) in [5.74, 6) is 0.689. The maximum Gasteiger partial charge on any atom is 0.137 e. The second-order valence-electron chi connectivity index (χ2n) is 4.65. The first-order valence-corrected chi connectivity index (χ1v) is 7.07.